The molecule has 74 valence electrons. The van der Waals surface area contributed by atoms with Gasteiger partial charge in [0.2, 0.25) is 0 Å². The number of anilines is 2. The van der Waals surface area contributed by atoms with Gasteiger partial charge in [-0.1, -0.05) is 12.1 Å². The first kappa shape index (κ1) is 11.7. The molecule has 1 aromatic rings. The van der Waals surface area contributed by atoms with E-state index in [4.69, 9.17) is 22.9 Å². The van der Waals surface area contributed by atoms with E-state index in [0.29, 0.717) is 24.5 Å². The lowest BCUT2D eigenvalue weighted by Gasteiger charge is -2.00. The molecule has 0 amide bonds. The molecular formula is C9H18N4. The fourth-order valence-corrected chi connectivity index (χ4v) is 0.703. The van der Waals surface area contributed by atoms with Gasteiger partial charge in [0.15, 0.2) is 0 Å². The van der Waals surface area contributed by atoms with Gasteiger partial charge in [0.25, 0.3) is 0 Å². The van der Waals surface area contributed by atoms with Gasteiger partial charge in [0.1, 0.15) is 0 Å². The third-order valence-corrected chi connectivity index (χ3v) is 1.52. The maximum Gasteiger partial charge on any atom is 0.0577 e. The van der Waals surface area contributed by atoms with Crippen LogP contribution in [0, 0.1) is 6.92 Å². The van der Waals surface area contributed by atoms with Crippen LogP contribution in [0.1, 0.15) is 5.56 Å². The fourth-order valence-electron chi connectivity index (χ4n) is 0.703. The zero-order valence-electron chi connectivity index (χ0n) is 7.96. The van der Waals surface area contributed by atoms with Crippen molar-refractivity contribution in [3.05, 3.63) is 23.8 Å². The van der Waals surface area contributed by atoms with Gasteiger partial charge < -0.3 is 22.9 Å². The number of nitrogens with two attached hydrogens (primary N) is 4. The summed E-state index contributed by atoms with van der Waals surface area (Å²) in [7, 11) is 0. The summed E-state index contributed by atoms with van der Waals surface area (Å²) in [6, 6.07) is 5.62. The van der Waals surface area contributed by atoms with Crippen molar-refractivity contribution in [2.24, 2.45) is 11.5 Å². The maximum absolute atomic E-state index is 5.56. The van der Waals surface area contributed by atoms with Crippen molar-refractivity contribution in [2.45, 2.75) is 6.92 Å². The van der Waals surface area contributed by atoms with Crippen LogP contribution in [0.15, 0.2) is 18.2 Å². The van der Waals surface area contributed by atoms with Gasteiger partial charge in [0.05, 0.1) is 11.4 Å². The average Bonchev–Trinajstić information content (AvgIpc) is 2.14. The molecule has 0 aliphatic carbocycles. The van der Waals surface area contributed by atoms with Gasteiger partial charge in [-0.25, -0.2) is 0 Å². The molecule has 4 nitrogen and oxygen atoms in total. The number of rotatable bonds is 1. The molecule has 0 saturated heterocycles. The van der Waals surface area contributed by atoms with Crippen LogP contribution >= 0.6 is 0 Å². The van der Waals surface area contributed by atoms with Crippen LogP contribution in [-0.2, 0) is 0 Å². The zero-order valence-corrected chi connectivity index (χ0v) is 7.96. The third kappa shape index (κ3) is 4.35. The Labute approximate surface area is 78.9 Å². The SMILES string of the molecule is Cc1cccc(N)c1N.NCCN. The maximum atomic E-state index is 5.56. The summed E-state index contributed by atoms with van der Waals surface area (Å²) in [5.41, 5.74) is 23.2. The number of aryl methyl sites for hydroxylation is 1. The van der Waals surface area contributed by atoms with Gasteiger partial charge in [0, 0.05) is 13.1 Å². The molecule has 0 spiro atoms. The summed E-state index contributed by atoms with van der Waals surface area (Å²) in [6.45, 7) is 3.13. The topological polar surface area (TPSA) is 104 Å². The van der Waals surface area contributed by atoms with Gasteiger partial charge in [-0.05, 0) is 18.6 Å². The lowest BCUT2D eigenvalue weighted by atomic mass is 10.2. The summed E-state index contributed by atoms with van der Waals surface area (Å²) in [4.78, 5) is 0. The molecule has 0 saturated carbocycles. The molecule has 0 aliphatic rings. The van der Waals surface area contributed by atoms with E-state index >= 15 is 0 Å². The fraction of sp³-hybridized carbons (Fsp3) is 0.333. The van der Waals surface area contributed by atoms with E-state index in [9.17, 15) is 0 Å². The van der Waals surface area contributed by atoms with Crippen LogP contribution < -0.4 is 22.9 Å². The van der Waals surface area contributed by atoms with Gasteiger partial charge in [-0.2, -0.15) is 0 Å². The molecule has 4 heteroatoms. The quantitative estimate of drug-likeness (QED) is 0.461. The first-order valence-corrected chi connectivity index (χ1v) is 4.14. The Morgan fingerprint density at radius 2 is 1.62 bits per heavy atom. The van der Waals surface area contributed by atoms with Crippen molar-refractivity contribution < 1.29 is 0 Å². The molecule has 0 radical (unpaired) electrons. The molecule has 0 heterocycles. The Bertz CT molecular complexity index is 225. The highest BCUT2D eigenvalue weighted by atomic mass is 14.7. The number of hydrogen-bond donors (Lipinski definition) is 4. The van der Waals surface area contributed by atoms with Crippen LogP contribution in [-0.4, -0.2) is 13.1 Å². The van der Waals surface area contributed by atoms with Crippen molar-refractivity contribution in [3.63, 3.8) is 0 Å². The number of nitrogen functional groups attached to an aromatic ring is 2. The Hall–Kier alpha value is -1.26. The van der Waals surface area contributed by atoms with Gasteiger partial charge in [-0.15, -0.1) is 0 Å². The van der Waals surface area contributed by atoms with Crippen LogP contribution in [0.25, 0.3) is 0 Å². The second-order valence-corrected chi connectivity index (χ2v) is 2.66. The molecule has 0 atom stereocenters. The van der Waals surface area contributed by atoms with Crippen LogP contribution in [0.2, 0.25) is 0 Å². The van der Waals surface area contributed by atoms with E-state index in [-0.39, 0.29) is 0 Å². The smallest absolute Gasteiger partial charge is 0.0577 e. The standard InChI is InChI=1S/C7H10N2.C2H8N2/c1-5-3-2-4-6(8)7(5)9;3-1-2-4/h2-4H,8-9H2,1H3;1-4H2. The molecule has 0 unspecified atom stereocenters. The van der Waals surface area contributed by atoms with E-state index in [0.717, 1.165) is 5.56 Å². The molecule has 1 rings (SSSR count). The minimum atomic E-state index is 0.597. The Balaban J connectivity index is 0.000000310. The molecular weight excluding hydrogens is 164 g/mol. The lowest BCUT2D eigenvalue weighted by Crippen LogP contribution is -2.11. The second-order valence-electron chi connectivity index (χ2n) is 2.66. The van der Waals surface area contributed by atoms with Crippen molar-refractivity contribution in [3.8, 4) is 0 Å². The van der Waals surface area contributed by atoms with E-state index in [1.54, 1.807) is 6.07 Å². The first-order chi connectivity index (χ1) is 6.13. The van der Waals surface area contributed by atoms with Gasteiger partial charge in [-0.3, -0.25) is 0 Å². The number of para-hydroxylation sites is 1. The number of benzene rings is 1. The normalized spacial score (nSPS) is 8.85. The van der Waals surface area contributed by atoms with Crippen molar-refractivity contribution in [1.29, 1.82) is 0 Å². The predicted octanol–water partition coefficient (Wildman–Crippen LogP) is 0.0632. The number of hydrogen-bond acceptors (Lipinski definition) is 4. The lowest BCUT2D eigenvalue weighted by molar-refractivity contribution is 0.976. The van der Waals surface area contributed by atoms with E-state index in [1.807, 2.05) is 19.1 Å². The summed E-state index contributed by atoms with van der Waals surface area (Å²) < 4.78 is 0. The van der Waals surface area contributed by atoms with E-state index in [2.05, 4.69) is 0 Å². The van der Waals surface area contributed by atoms with Crippen molar-refractivity contribution in [1.82, 2.24) is 0 Å². The third-order valence-electron chi connectivity index (χ3n) is 1.52. The van der Waals surface area contributed by atoms with Gasteiger partial charge >= 0.3 is 0 Å². The predicted molar refractivity (Wildman–Crippen MR) is 58.1 cm³/mol. The summed E-state index contributed by atoms with van der Waals surface area (Å²) in [5, 5.41) is 0. The van der Waals surface area contributed by atoms with Crippen molar-refractivity contribution >= 4 is 11.4 Å². The zero-order chi connectivity index (χ0) is 10.3. The highest BCUT2D eigenvalue weighted by Gasteiger charge is 1.93. The van der Waals surface area contributed by atoms with Crippen LogP contribution in [0.5, 0.6) is 0 Å². The monoisotopic (exact) mass is 182 g/mol. The van der Waals surface area contributed by atoms with Crippen LogP contribution in [0.3, 0.4) is 0 Å². The summed E-state index contributed by atoms with van der Waals surface area (Å²) >= 11 is 0. The molecule has 0 aromatic heterocycles. The minimum Gasteiger partial charge on any atom is -0.397 e. The highest BCUT2D eigenvalue weighted by molar-refractivity contribution is 5.66. The van der Waals surface area contributed by atoms with E-state index < -0.39 is 0 Å². The van der Waals surface area contributed by atoms with Crippen LogP contribution in [0.4, 0.5) is 11.4 Å². The molecule has 8 N–H and O–H groups in total. The Kier molecular flexibility index (Phi) is 5.67. The van der Waals surface area contributed by atoms with E-state index in [1.165, 1.54) is 0 Å². The second kappa shape index (κ2) is 6.28. The largest absolute Gasteiger partial charge is 0.397 e. The molecule has 0 aliphatic heterocycles. The summed E-state index contributed by atoms with van der Waals surface area (Å²) in [6.07, 6.45) is 0. The minimum absolute atomic E-state index is 0.597. The average molecular weight is 182 g/mol. The van der Waals surface area contributed by atoms with Crippen molar-refractivity contribution in [2.75, 3.05) is 24.6 Å². The highest BCUT2D eigenvalue weighted by Crippen LogP contribution is 2.17. The molecule has 1 aromatic carbocycles. The summed E-state index contributed by atoms with van der Waals surface area (Å²) in [5.74, 6) is 0. The molecule has 0 bridgehead atoms. The Morgan fingerprint density at radius 3 is 1.92 bits per heavy atom. The first-order valence-electron chi connectivity index (χ1n) is 4.14. The molecule has 13 heavy (non-hydrogen) atoms. The molecule has 0 fully saturated rings. The Morgan fingerprint density at radius 1 is 1.08 bits per heavy atom.